The van der Waals surface area contributed by atoms with Crippen molar-refractivity contribution in [3.63, 3.8) is 0 Å². The van der Waals surface area contributed by atoms with Crippen molar-refractivity contribution in [1.29, 1.82) is 0 Å². The molecule has 0 spiro atoms. The molecule has 1 heterocycles. The number of nitrogens with one attached hydrogen (secondary N) is 1. The standard InChI is InChI=1S/C24H29NO5/c1-24(2,3)30-23(28)25-20-19(26)15-18(14-16-10-6-4-7-11-16)22(27)29-21(20)17-12-8-5-9-13-17/h4-13,18-21,26H,14-15H2,1-3H3,(H,25,28)/t18-,19-,20-,21?/m0/s1. The van der Waals surface area contributed by atoms with Gasteiger partial charge in [0.25, 0.3) is 0 Å². The van der Waals surface area contributed by atoms with Crippen LogP contribution in [0.4, 0.5) is 4.79 Å². The summed E-state index contributed by atoms with van der Waals surface area (Å²) in [6.45, 7) is 5.29. The monoisotopic (exact) mass is 411 g/mol. The zero-order valence-electron chi connectivity index (χ0n) is 17.6. The van der Waals surface area contributed by atoms with Gasteiger partial charge >= 0.3 is 12.1 Å². The van der Waals surface area contributed by atoms with Crippen molar-refractivity contribution < 1.29 is 24.2 Å². The highest BCUT2D eigenvalue weighted by Gasteiger charge is 2.41. The zero-order chi connectivity index (χ0) is 21.7. The lowest BCUT2D eigenvalue weighted by atomic mass is 9.90. The van der Waals surface area contributed by atoms with Gasteiger partial charge < -0.3 is 19.9 Å². The molecule has 160 valence electrons. The minimum Gasteiger partial charge on any atom is -0.455 e. The minimum atomic E-state index is -0.983. The number of aliphatic hydroxyl groups is 1. The number of amides is 1. The third kappa shape index (κ3) is 5.83. The molecule has 1 aliphatic heterocycles. The van der Waals surface area contributed by atoms with Gasteiger partial charge in [-0.15, -0.1) is 0 Å². The first-order valence-corrected chi connectivity index (χ1v) is 10.2. The van der Waals surface area contributed by atoms with E-state index in [2.05, 4.69) is 5.32 Å². The maximum atomic E-state index is 12.9. The lowest BCUT2D eigenvalue weighted by Gasteiger charge is -2.30. The fourth-order valence-corrected chi connectivity index (χ4v) is 3.63. The molecule has 2 aromatic rings. The van der Waals surface area contributed by atoms with E-state index in [0.717, 1.165) is 5.56 Å². The van der Waals surface area contributed by atoms with Crippen LogP contribution >= 0.6 is 0 Å². The van der Waals surface area contributed by atoms with Gasteiger partial charge in [0.05, 0.1) is 18.1 Å². The molecule has 0 saturated carbocycles. The molecule has 6 heteroatoms. The zero-order valence-corrected chi connectivity index (χ0v) is 17.6. The summed E-state index contributed by atoms with van der Waals surface area (Å²) < 4.78 is 11.2. The first-order valence-electron chi connectivity index (χ1n) is 10.2. The Morgan fingerprint density at radius 1 is 1.10 bits per heavy atom. The quantitative estimate of drug-likeness (QED) is 0.748. The van der Waals surface area contributed by atoms with Crippen LogP contribution in [0.3, 0.4) is 0 Å². The average Bonchev–Trinajstić information content (AvgIpc) is 2.80. The van der Waals surface area contributed by atoms with Crippen LogP contribution < -0.4 is 5.32 Å². The van der Waals surface area contributed by atoms with E-state index in [1.807, 2.05) is 60.7 Å². The third-order valence-electron chi connectivity index (χ3n) is 4.98. The largest absolute Gasteiger partial charge is 0.455 e. The van der Waals surface area contributed by atoms with Crippen molar-refractivity contribution in [3.8, 4) is 0 Å². The molecule has 2 N–H and O–H groups in total. The summed E-state index contributed by atoms with van der Waals surface area (Å²) in [4.78, 5) is 25.4. The van der Waals surface area contributed by atoms with Crippen molar-refractivity contribution in [2.45, 2.75) is 57.5 Å². The second-order valence-electron chi connectivity index (χ2n) is 8.63. The maximum absolute atomic E-state index is 12.9. The summed E-state index contributed by atoms with van der Waals surface area (Å²) in [5, 5.41) is 13.7. The number of cyclic esters (lactones) is 1. The number of rotatable bonds is 4. The van der Waals surface area contributed by atoms with Crippen molar-refractivity contribution in [1.82, 2.24) is 5.32 Å². The highest BCUT2D eigenvalue weighted by molar-refractivity contribution is 5.74. The number of aliphatic hydroxyl groups excluding tert-OH is 1. The molecule has 1 aliphatic rings. The number of alkyl carbamates (subject to hydrolysis) is 1. The highest BCUT2D eigenvalue weighted by atomic mass is 16.6. The van der Waals surface area contributed by atoms with Crippen LogP contribution in [0, 0.1) is 5.92 Å². The van der Waals surface area contributed by atoms with Crippen molar-refractivity contribution in [2.75, 3.05) is 0 Å². The summed E-state index contributed by atoms with van der Waals surface area (Å²) in [6.07, 6.45) is -1.83. The summed E-state index contributed by atoms with van der Waals surface area (Å²) in [5.74, 6) is -0.903. The smallest absolute Gasteiger partial charge is 0.408 e. The molecule has 3 rings (SSSR count). The molecule has 2 aromatic carbocycles. The van der Waals surface area contributed by atoms with Gasteiger partial charge in [-0.25, -0.2) is 4.79 Å². The fourth-order valence-electron chi connectivity index (χ4n) is 3.63. The van der Waals surface area contributed by atoms with Gasteiger partial charge in [0.1, 0.15) is 11.7 Å². The van der Waals surface area contributed by atoms with Crippen LogP contribution in [-0.4, -0.2) is 34.9 Å². The van der Waals surface area contributed by atoms with Gasteiger partial charge in [-0.3, -0.25) is 4.79 Å². The van der Waals surface area contributed by atoms with E-state index < -0.39 is 35.9 Å². The summed E-state index contributed by atoms with van der Waals surface area (Å²) in [5.41, 5.74) is 1.00. The van der Waals surface area contributed by atoms with Gasteiger partial charge in [0.15, 0.2) is 0 Å². The van der Waals surface area contributed by atoms with Gasteiger partial charge in [-0.2, -0.15) is 0 Å². The second-order valence-corrected chi connectivity index (χ2v) is 8.63. The Balaban J connectivity index is 1.86. The number of hydrogen-bond donors (Lipinski definition) is 2. The van der Waals surface area contributed by atoms with Gasteiger partial charge in [0.2, 0.25) is 0 Å². The summed E-state index contributed by atoms with van der Waals surface area (Å²) in [7, 11) is 0. The number of benzene rings is 2. The molecule has 6 nitrogen and oxygen atoms in total. The second kappa shape index (κ2) is 9.30. The topological polar surface area (TPSA) is 84.9 Å². The maximum Gasteiger partial charge on any atom is 0.408 e. The van der Waals surface area contributed by atoms with E-state index >= 15 is 0 Å². The SMILES string of the molecule is CC(C)(C)OC(=O)N[C@@H]1C(c2ccccc2)OC(=O)[C@@H](Cc2ccccc2)C[C@@H]1O. The normalized spacial score (nSPS) is 24.5. The molecule has 0 aliphatic carbocycles. The van der Waals surface area contributed by atoms with Crippen LogP contribution in [0.5, 0.6) is 0 Å². The minimum absolute atomic E-state index is 0.178. The van der Waals surface area contributed by atoms with Gasteiger partial charge in [-0.1, -0.05) is 60.7 Å². The van der Waals surface area contributed by atoms with E-state index in [1.54, 1.807) is 20.8 Å². The molecule has 30 heavy (non-hydrogen) atoms. The Morgan fingerprint density at radius 2 is 1.70 bits per heavy atom. The predicted molar refractivity (Wildman–Crippen MR) is 113 cm³/mol. The number of carbonyl (C=O) groups is 2. The molecule has 1 unspecified atom stereocenters. The Labute approximate surface area is 177 Å². The molecule has 0 aromatic heterocycles. The predicted octanol–water partition coefficient (Wildman–Crippen LogP) is 3.79. The first kappa shape index (κ1) is 21.8. The lowest BCUT2D eigenvalue weighted by molar-refractivity contribution is -0.154. The molecular weight excluding hydrogens is 382 g/mol. The molecule has 1 fully saturated rings. The molecule has 1 amide bonds. The fraction of sp³-hybridized carbons (Fsp3) is 0.417. The van der Waals surface area contributed by atoms with E-state index in [4.69, 9.17) is 9.47 Å². The van der Waals surface area contributed by atoms with Crippen LogP contribution in [0.15, 0.2) is 60.7 Å². The molecule has 0 radical (unpaired) electrons. The lowest BCUT2D eigenvalue weighted by Crippen LogP contribution is -2.48. The molecule has 1 saturated heterocycles. The summed E-state index contributed by atoms with van der Waals surface area (Å²) >= 11 is 0. The van der Waals surface area contributed by atoms with Crippen LogP contribution in [-0.2, 0) is 20.7 Å². The Hall–Kier alpha value is -2.86. The highest BCUT2D eigenvalue weighted by Crippen LogP contribution is 2.32. The molecule has 4 atom stereocenters. The van der Waals surface area contributed by atoms with Gasteiger partial charge in [0, 0.05) is 0 Å². The average molecular weight is 411 g/mol. The Bertz CT molecular complexity index is 847. The van der Waals surface area contributed by atoms with Crippen molar-refractivity contribution in [2.24, 2.45) is 5.92 Å². The van der Waals surface area contributed by atoms with Crippen LogP contribution in [0.2, 0.25) is 0 Å². The van der Waals surface area contributed by atoms with Crippen LogP contribution in [0.25, 0.3) is 0 Å². The summed E-state index contributed by atoms with van der Waals surface area (Å²) in [6, 6.07) is 17.9. The number of ether oxygens (including phenoxy) is 2. The third-order valence-corrected chi connectivity index (χ3v) is 4.98. The Morgan fingerprint density at radius 3 is 2.30 bits per heavy atom. The van der Waals surface area contributed by atoms with E-state index in [0.29, 0.717) is 12.0 Å². The van der Waals surface area contributed by atoms with E-state index in [1.165, 1.54) is 0 Å². The van der Waals surface area contributed by atoms with Crippen molar-refractivity contribution >= 4 is 12.1 Å². The van der Waals surface area contributed by atoms with Crippen LogP contribution in [0.1, 0.15) is 44.4 Å². The van der Waals surface area contributed by atoms with E-state index in [9.17, 15) is 14.7 Å². The Kier molecular flexibility index (Phi) is 6.77. The first-order chi connectivity index (χ1) is 14.2. The number of esters is 1. The van der Waals surface area contributed by atoms with Gasteiger partial charge in [-0.05, 0) is 44.7 Å². The molecule has 0 bridgehead atoms. The van der Waals surface area contributed by atoms with Crippen molar-refractivity contribution in [3.05, 3.63) is 71.8 Å². The number of hydrogen-bond acceptors (Lipinski definition) is 5. The molecular formula is C24H29NO5. The number of carbonyl (C=O) groups excluding carboxylic acids is 2. The van der Waals surface area contributed by atoms with E-state index in [-0.39, 0.29) is 12.4 Å².